The van der Waals surface area contributed by atoms with Crippen LogP contribution < -0.4 is 5.73 Å². The van der Waals surface area contributed by atoms with Crippen LogP contribution in [0.1, 0.15) is 18.9 Å². The molecule has 0 radical (unpaired) electrons. The van der Waals surface area contributed by atoms with Crippen molar-refractivity contribution in [2.75, 3.05) is 0 Å². The van der Waals surface area contributed by atoms with Crippen molar-refractivity contribution in [1.29, 1.82) is 5.41 Å². The van der Waals surface area contributed by atoms with E-state index in [9.17, 15) is 0 Å². The molecule has 3 N–H and O–H groups in total. The number of hydrogen-bond acceptors (Lipinski definition) is 2. The number of thioether (sulfide) groups is 1. The normalized spacial score (nSPS) is 13.5. The fraction of sp³-hybridized carbons (Fsp3) is 0.235. The Morgan fingerprint density at radius 3 is 2.21 bits per heavy atom. The van der Waals surface area contributed by atoms with Gasteiger partial charge < -0.3 is 5.73 Å². The summed E-state index contributed by atoms with van der Waals surface area (Å²) in [6, 6.07) is 11.0. The van der Waals surface area contributed by atoms with Gasteiger partial charge in [-0.05, 0) is 49.6 Å². The largest absolute Gasteiger partial charge is 0.386 e. The first-order valence-corrected chi connectivity index (χ1v) is 9.46. The van der Waals surface area contributed by atoms with Crippen molar-refractivity contribution < 1.29 is 0 Å². The number of halogens is 4. The average Bonchev–Trinajstić information content (AvgIpc) is 2.52. The minimum Gasteiger partial charge on any atom is -0.386 e. The Hall–Kier alpha value is -0.580. The molecule has 0 bridgehead atoms. The van der Waals surface area contributed by atoms with Gasteiger partial charge in [0.1, 0.15) is 5.84 Å². The molecule has 2 aromatic carbocycles. The van der Waals surface area contributed by atoms with Gasteiger partial charge in [0.05, 0.1) is 19.8 Å². The average molecular weight is 422 g/mol. The van der Waals surface area contributed by atoms with Gasteiger partial charge in [0.25, 0.3) is 0 Å². The molecule has 0 saturated carbocycles. The van der Waals surface area contributed by atoms with E-state index < -0.39 is 4.75 Å². The lowest BCUT2D eigenvalue weighted by molar-refractivity contribution is 0.719. The van der Waals surface area contributed by atoms with E-state index in [1.807, 2.05) is 31.2 Å². The minimum absolute atomic E-state index is 0.0867. The fourth-order valence-electron chi connectivity index (χ4n) is 2.10. The molecule has 1 atom stereocenters. The maximum absolute atomic E-state index is 8.00. The highest BCUT2D eigenvalue weighted by molar-refractivity contribution is 8.01. The zero-order valence-corrected chi connectivity index (χ0v) is 16.7. The molecule has 0 aliphatic rings. The highest BCUT2D eigenvalue weighted by atomic mass is 35.5. The number of benzene rings is 2. The van der Waals surface area contributed by atoms with Crippen LogP contribution in [0.15, 0.2) is 41.3 Å². The van der Waals surface area contributed by atoms with Gasteiger partial charge in [-0.3, -0.25) is 5.41 Å². The van der Waals surface area contributed by atoms with Gasteiger partial charge in [0, 0.05) is 9.92 Å². The summed E-state index contributed by atoms with van der Waals surface area (Å²) in [5.74, 6) is 0.0867. The quantitative estimate of drug-likeness (QED) is 0.235. The summed E-state index contributed by atoms with van der Waals surface area (Å²) >= 11 is 25.6. The smallest absolute Gasteiger partial charge is 0.107 e. The summed E-state index contributed by atoms with van der Waals surface area (Å²) in [6.45, 7) is 1.93. The van der Waals surface area contributed by atoms with Gasteiger partial charge in [-0.2, -0.15) is 0 Å². The Balaban J connectivity index is 2.19. The lowest BCUT2D eigenvalue weighted by Gasteiger charge is -2.28. The third-order valence-corrected chi connectivity index (χ3v) is 6.51. The van der Waals surface area contributed by atoms with E-state index in [0.29, 0.717) is 26.5 Å². The summed E-state index contributed by atoms with van der Waals surface area (Å²) in [5, 5.41) is 10.0. The monoisotopic (exact) mass is 420 g/mol. The van der Waals surface area contributed by atoms with Crippen LogP contribution >= 0.6 is 58.2 Å². The first kappa shape index (κ1) is 19.7. The van der Waals surface area contributed by atoms with Crippen molar-refractivity contribution in [2.24, 2.45) is 5.73 Å². The van der Waals surface area contributed by atoms with E-state index in [1.54, 1.807) is 12.1 Å². The Morgan fingerprint density at radius 2 is 1.62 bits per heavy atom. The standard InChI is InChI=1S/C17H16Cl4N2S/c1-17(16(22)23,7-6-10-2-4-11(18)5-3-10)24-15-9-13(20)12(19)8-14(15)21/h2-5,8-9H,6-7H2,1H3,(H3,22,23). The molecule has 128 valence electrons. The molecule has 1 unspecified atom stereocenters. The minimum atomic E-state index is -0.611. The van der Waals surface area contributed by atoms with Crippen LogP contribution in [0.5, 0.6) is 0 Å². The maximum atomic E-state index is 8.00. The van der Waals surface area contributed by atoms with E-state index in [2.05, 4.69) is 0 Å². The van der Waals surface area contributed by atoms with Crippen molar-refractivity contribution in [3.63, 3.8) is 0 Å². The van der Waals surface area contributed by atoms with Crippen LogP contribution in [0.4, 0.5) is 0 Å². The van der Waals surface area contributed by atoms with E-state index in [0.717, 1.165) is 16.9 Å². The fourth-order valence-corrected chi connectivity index (χ4v) is 4.09. The van der Waals surface area contributed by atoms with Gasteiger partial charge in [0.15, 0.2) is 0 Å². The first-order valence-electron chi connectivity index (χ1n) is 7.14. The first-order chi connectivity index (χ1) is 11.2. The zero-order valence-electron chi connectivity index (χ0n) is 12.9. The molecule has 24 heavy (non-hydrogen) atoms. The van der Waals surface area contributed by atoms with Crippen LogP contribution in [0.3, 0.4) is 0 Å². The van der Waals surface area contributed by atoms with Crippen LogP contribution in [0.25, 0.3) is 0 Å². The molecule has 2 nitrogen and oxygen atoms in total. The van der Waals surface area contributed by atoms with Crippen molar-refractivity contribution in [1.82, 2.24) is 0 Å². The Bertz CT molecular complexity index is 749. The van der Waals surface area contributed by atoms with Gasteiger partial charge >= 0.3 is 0 Å². The van der Waals surface area contributed by atoms with E-state index in [4.69, 9.17) is 57.5 Å². The Kier molecular flexibility index (Phi) is 6.74. The number of hydrogen-bond donors (Lipinski definition) is 2. The van der Waals surface area contributed by atoms with E-state index in [1.165, 1.54) is 11.8 Å². The Morgan fingerprint density at radius 1 is 1.04 bits per heavy atom. The molecule has 0 fully saturated rings. The lowest BCUT2D eigenvalue weighted by Crippen LogP contribution is -2.37. The van der Waals surface area contributed by atoms with Crippen molar-refractivity contribution in [2.45, 2.75) is 29.4 Å². The molecule has 2 aromatic rings. The van der Waals surface area contributed by atoms with Crippen LogP contribution in [0.2, 0.25) is 20.1 Å². The third kappa shape index (κ3) is 4.96. The summed E-state index contributed by atoms with van der Waals surface area (Å²) in [5.41, 5.74) is 7.00. The SMILES string of the molecule is CC(CCc1ccc(Cl)cc1)(Sc1cc(Cl)c(Cl)cc1Cl)C(=N)N. The molecule has 0 aromatic heterocycles. The second-order valence-corrected chi connectivity index (χ2v) is 8.77. The van der Waals surface area contributed by atoms with Gasteiger partial charge in [-0.1, -0.05) is 58.5 Å². The van der Waals surface area contributed by atoms with E-state index in [-0.39, 0.29) is 5.84 Å². The second kappa shape index (κ2) is 8.20. The molecule has 7 heteroatoms. The molecule has 0 saturated heterocycles. The summed E-state index contributed by atoms with van der Waals surface area (Å²) in [4.78, 5) is 0.750. The molecule has 0 heterocycles. The molecular weight excluding hydrogens is 406 g/mol. The summed E-state index contributed by atoms with van der Waals surface area (Å²) in [6.07, 6.45) is 1.43. The lowest BCUT2D eigenvalue weighted by atomic mass is 9.99. The number of amidine groups is 1. The predicted molar refractivity (Wildman–Crippen MR) is 107 cm³/mol. The molecule has 0 spiro atoms. The van der Waals surface area contributed by atoms with Crippen LogP contribution in [0, 0.1) is 5.41 Å². The number of nitrogens with one attached hydrogen (secondary N) is 1. The van der Waals surface area contributed by atoms with Gasteiger partial charge in [-0.15, -0.1) is 11.8 Å². The van der Waals surface area contributed by atoms with Gasteiger partial charge in [0.2, 0.25) is 0 Å². The molecule has 0 aliphatic heterocycles. The van der Waals surface area contributed by atoms with Crippen LogP contribution in [-0.4, -0.2) is 10.6 Å². The topological polar surface area (TPSA) is 49.9 Å². The van der Waals surface area contributed by atoms with Crippen molar-refractivity contribution >= 4 is 64.0 Å². The Labute approximate surface area is 166 Å². The molecule has 2 rings (SSSR count). The van der Waals surface area contributed by atoms with Crippen molar-refractivity contribution in [3.05, 3.63) is 62.1 Å². The number of nitrogens with two attached hydrogens (primary N) is 1. The predicted octanol–water partition coefficient (Wildman–Crippen LogP) is 6.72. The number of aryl methyl sites for hydroxylation is 1. The molecule has 0 aliphatic carbocycles. The number of rotatable bonds is 6. The summed E-state index contributed by atoms with van der Waals surface area (Å²) < 4.78 is -0.611. The van der Waals surface area contributed by atoms with Crippen molar-refractivity contribution in [3.8, 4) is 0 Å². The maximum Gasteiger partial charge on any atom is 0.107 e. The van der Waals surface area contributed by atoms with Gasteiger partial charge in [-0.25, -0.2) is 0 Å². The second-order valence-electron chi connectivity index (χ2n) is 5.57. The third-order valence-electron chi connectivity index (χ3n) is 3.68. The summed E-state index contributed by atoms with van der Waals surface area (Å²) in [7, 11) is 0. The highest BCUT2D eigenvalue weighted by Crippen LogP contribution is 2.42. The van der Waals surface area contributed by atoms with E-state index >= 15 is 0 Å². The van der Waals surface area contributed by atoms with Crippen LogP contribution in [-0.2, 0) is 6.42 Å². The highest BCUT2D eigenvalue weighted by Gasteiger charge is 2.30. The molecular formula is C17H16Cl4N2S. The zero-order chi connectivity index (χ0) is 17.9. The molecule has 0 amide bonds.